The Morgan fingerprint density at radius 2 is 1.93 bits per heavy atom. The lowest BCUT2D eigenvalue weighted by atomic mass is 9.94. The van der Waals surface area contributed by atoms with Gasteiger partial charge in [-0.15, -0.1) is 0 Å². The summed E-state index contributed by atoms with van der Waals surface area (Å²) in [5, 5.41) is 16.3. The van der Waals surface area contributed by atoms with Crippen LogP contribution < -0.4 is 10.6 Å². The average molecular weight is 546 g/mol. The lowest BCUT2D eigenvalue weighted by molar-refractivity contribution is -0.117. The number of nitrogens with one attached hydrogen (secondary N) is 4. The Balaban J connectivity index is 1.21. The fourth-order valence-corrected chi connectivity index (χ4v) is 5.81. The quantitative estimate of drug-likeness (QED) is 0.225. The zero-order chi connectivity index (χ0) is 27.9. The third-order valence-corrected chi connectivity index (χ3v) is 7.91. The highest BCUT2D eigenvalue weighted by Gasteiger charge is 2.18. The molecule has 6 aromatic rings. The molecule has 1 saturated heterocycles. The highest BCUT2D eigenvalue weighted by molar-refractivity contribution is 6.00. The average Bonchev–Trinajstić information content (AvgIpc) is 3.70. The van der Waals surface area contributed by atoms with Gasteiger partial charge in [0.05, 0.1) is 34.3 Å². The summed E-state index contributed by atoms with van der Waals surface area (Å²) >= 11 is 0. The molecular weight excluding hydrogens is 514 g/mol. The van der Waals surface area contributed by atoms with E-state index in [9.17, 15) is 4.79 Å². The van der Waals surface area contributed by atoms with Crippen molar-refractivity contribution < 1.29 is 4.79 Å². The predicted molar refractivity (Wildman–Crippen MR) is 160 cm³/mol. The van der Waals surface area contributed by atoms with E-state index < -0.39 is 0 Å². The molecule has 1 amide bonds. The first kappa shape index (κ1) is 25.2. The fraction of sp³-hybridized carbons (Fsp3) is 0.258. The van der Waals surface area contributed by atoms with E-state index in [4.69, 9.17) is 0 Å². The van der Waals surface area contributed by atoms with Gasteiger partial charge in [-0.25, -0.2) is 9.97 Å². The second kappa shape index (κ2) is 10.3. The van der Waals surface area contributed by atoms with Crippen LogP contribution in [0.3, 0.4) is 0 Å². The number of amides is 1. The Kier molecular flexibility index (Phi) is 6.31. The van der Waals surface area contributed by atoms with Crippen LogP contribution in [0.25, 0.3) is 50.1 Å². The van der Waals surface area contributed by atoms with Gasteiger partial charge >= 0.3 is 0 Å². The van der Waals surface area contributed by atoms with E-state index >= 15 is 0 Å². The maximum atomic E-state index is 12.7. The van der Waals surface area contributed by atoms with Crippen molar-refractivity contribution in [2.45, 2.75) is 33.1 Å². The molecule has 6 heterocycles. The number of hydrogen-bond acceptors (Lipinski definition) is 6. The molecule has 7 rings (SSSR count). The van der Waals surface area contributed by atoms with E-state index in [0.717, 1.165) is 87.3 Å². The molecule has 0 radical (unpaired) electrons. The monoisotopic (exact) mass is 545 g/mol. The Bertz CT molecular complexity index is 1890. The number of pyridine rings is 2. The van der Waals surface area contributed by atoms with Gasteiger partial charge in [0.25, 0.3) is 0 Å². The van der Waals surface area contributed by atoms with Crippen molar-refractivity contribution in [3.05, 3.63) is 72.7 Å². The number of aromatic amines is 2. The largest absolute Gasteiger partial charge is 0.353 e. The molecular formula is C31H31N9O. The number of carbonyl (C=O) groups excluding carboxylic acids is 1. The van der Waals surface area contributed by atoms with Gasteiger partial charge in [-0.2, -0.15) is 5.10 Å². The van der Waals surface area contributed by atoms with Crippen molar-refractivity contribution in [2.75, 3.05) is 18.4 Å². The zero-order valence-electron chi connectivity index (χ0n) is 23.0. The van der Waals surface area contributed by atoms with Gasteiger partial charge in [-0.3, -0.25) is 19.4 Å². The zero-order valence-corrected chi connectivity index (χ0v) is 23.0. The minimum atomic E-state index is 0.0404. The number of imidazole rings is 1. The number of anilines is 1. The van der Waals surface area contributed by atoms with Crippen molar-refractivity contribution in [1.29, 1.82) is 0 Å². The Hall–Kier alpha value is -4.83. The van der Waals surface area contributed by atoms with Crippen molar-refractivity contribution in [3.63, 3.8) is 0 Å². The van der Waals surface area contributed by atoms with Gasteiger partial charge in [-0.05, 0) is 87.2 Å². The van der Waals surface area contributed by atoms with E-state index in [-0.39, 0.29) is 5.91 Å². The van der Waals surface area contributed by atoms with Crippen LogP contribution in [0.2, 0.25) is 0 Å². The molecule has 0 saturated carbocycles. The van der Waals surface area contributed by atoms with Gasteiger partial charge in [0.15, 0.2) is 0 Å². The molecule has 41 heavy (non-hydrogen) atoms. The fourth-order valence-electron chi connectivity index (χ4n) is 5.81. The minimum Gasteiger partial charge on any atom is -0.353 e. The molecule has 0 unspecified atom stereocenters. The maximum absolute atomic E-state index is 12.7. The van der Waals surface area contributed by atoms with Crippen LogP contribution in [0.4, 0.5) is 5.69 Å². The summed E-state index contributed by atoms with van der Waals surface area (Å²) < 4.78 is 1.94. The van der Waals surface area contributed by atoms with E-state index in [2.05, 4.69) is 65.9 Å². The van der Waals surface area contributed by atoms with Crippen molar-refractivity contribution >= 4 is 33.4 Å². The van der Waals surface area contributed by atoms with Gasteiger partial charge in [0, 0.05) is 41.3 Å². The number of carbonyl (C=O) groups is 1. The van der Waals surface area contributed by atoms with Gasteiger partial charge < -0.3 is 15.6 Å². The van der Waals surface area contributed by atoms with Crippen molar-refractivity contribution in [2.24, 2.45) is 5.92 Å². The topological polar surface area (TPSA) is 129 Å². The smallest absolute Gasteiger partial charge is 0.224 e. The molecule has 1 aliphatic rings. The molecule has 10 nitrogen and oxygen atoms in total. The van der Waals surface area contributed by atoms with Crippen molar-refractivity contribution in [1.82, 2.24) is 40.0 Å². The first-order chi connectivity index (χ1) is 20.0. The molecule has 5 aromatic heterocycles. The van der Waals surface area contributed by atoms with Crippen LogP contribution >= 0.6 is 0 Å². The van der Waals surface area contributed by atoms with Crippen LogP contribution in [0.5, 0.6) is 0 Å². The van der Waals surface area contributed by atoms with Gasteiger partial charge in [-0.1, -0.05) is 0 Å². The summed E-state index contributed by atoms with van der Waals surface area (Å²) in [5.41, 5.74) is 8.34. The summed E-state index contributed by atoms with van der Waals surface area (Å²) in [7, 11) is 0. The second-order valence-electron chi connectivity index (χ2n) is 10.9. The minimum absolute atomic E-state index is 0.0404. The first-order valence-corrected chi connectivity index (χ1v) is 14.0. The van der Waals surface area contributed by atoms with Crippen LogP contribution in [-0.2, 0) is 4.79 Å². The molecule has 1 aliphatic heterocycles. The van der Waals surface area contributed by atoms with Gasteiger partial charge in [0.1, 0.15) is 17.8 Å². The molecule has 1 fully saturated rings. The lowest BCUT2D eigenvalue weighted by Gasteiger charge is -2.21. The summed E-state index contributed by atoms with van der Waals surface area (Å²) in [6, 6.07) is 10.3. The SMILES string of the molecule is Cc1cn(-c2nccc3[nH]c(-c4n[nH]c5cc(C)c(-c6cncc(NC(=O)CC7CCNCC7)c6)cc45)cc23)cn1. The lowest BCUT2D eigenvalue weighted by Crippen LogP contribution is -2.30. The summed E-state index contributed by atoms with van der Waals surface area (Å²) in [5.74, 6) is 1.28. The van der Waals surface area contributed by atoms with E-state index in [0.29, 0.717) is 18.0 Å². The maximum Gasteiger partial charge on any atom is 0.224 e. The van der Waals surface area contributed by atoms with Crippen LogP contribution in [-0.4, -0.2) is 53.7 Å². The highest BCUT2D eigenvalue weighted by atomic mass is 16.1. The number of rotatable bonds is 6. The normalized spacial score (nSPS) is 14.2. The summed E-state index contributed by atoms with van der Waals surface area (Å²) in [6.07, 6.45) is 11.7. The Labute approximate surface area is 236 Å². The summed E-state index contributed by atoms with van der Waals surface area (Å²) in [6.45, 7) is 6.00. The molecule has 0 bridgehead atoms. The number of H-pyrrole nitrogens is 2. The molecule has 4 N–H and O–H groups in total. The number of benzene rings is 1. The number of aryl methyl sites for hydroxylation is 2. The third kappa shape index (κ3) is 4.87. The predicted octanol–water partition coefficient (Wildman–Crippen LogP) is 5.30. The second-order valence-corrected chi connectivity index (χ2v) is 10.9. The Morgan fingerprint density at radius 3 is 2.76 bits per heavy atom. The molecule has 0 spiro atoms. The molecule has 206 valence electrons. The molecule has 0 atom stereocenters. The highest BCUT2D eigenvalue weighted by Crippen LogP contribution is 2.35. The number of hydrogen-bond donors (Lipinski definition) is 4. The van der Waals surface area contributed by atoms with Crippen molar-refractivity contribution in [3.8, 4) is 28.3 Å². The summed E-state index contributed by atoms with van der Waals surface area (Å²) in [4.78, 5) is 29.7. The number of piperidine rings is 1. The first-order valence-electron chi connectivity index (χ1n) is 14.0. The van der Waals surface area contributed by atoms with Crippen LogP contribution in [0, 0.1) is 19.8 Å². The third-order valence-electron chi connectivity index (χ3n) is 7.91. The van der Waals surface area contributed by atoms with E-state index in [1.165, 1.54) is 0 Å². The molecule has 10 heteroatoms. The number of aromatic nitrogens is 7. The number of nitrogens with zero attached hydrogens (tertiary/aromatic N) is 5. The molecule has 1 aromatic carbocycles. The van der Waals surface area contributed by atoms with Crippen LogP contribution in [0.15, 0.2) is 61.4 Å². The number of fused-ring (bicyclic) bond motifs is 2. The van der Waals surface area contributed by atoms with Gasteiger partial charge in [0.2, 0.25) is 5.91 Å². The van der Waals surface area contributed by atoms with Crippen LogP contribution in [0.1, 0.15) is 30.5 Å². The Morgan fingerprint density at radius 1 is 1.05 bits per heavy atom. The van der Waals surface area contributed by atoms with E-state index in [1.807, 2.05) is 36.0 Å². The molecule has 0 aliphatic carbocycles. The van der Waals surface area contributed by atoms with E-state index in [1.54, 1.807) is 18.7 Å². The standard InChI is InChI=1S/C31H31N9O/c1-18-9-27-24(12-23(18)21-11-22(15-33-14-21)36-29(41)10-20-3-6-32-7-4-20)30(39-38-27)28-13-25-26(37-28)5-8-34-31(25)40-16-19(2)35-17-40/h5,8-9,11-17,20,32,37H,3-4,6-7,10H2,1-2H3,(H,36,41)(H,38,39).